The van der Waals surface area contributed by atoms with Crippen molar-refractivity contribution in [1.29, 1.82) is 0 Å². The molecule has 5 rings (SSSR count). The first-order chi connectivity index (χ1) is 16.3. The zero-order valence-corrected chi connectivity index (χ0v) is 18.5. The summed E-state index contributed by atoms with van der Waals surface area (Å²) in [6, 6.07) is 19.8. The Kier molecular flexibility index (Phi) is 6.30. The van der Waals surface area contributed by atoms with E-state index in [1.165, 1.54) is 5.56 Å². The minimum Gasteiger partial charge on any atom is -0.367 e. The number of hydrogen-bond acceptors (Lipinski definition) is 6. The van der Waals surface area contributed by atoms with Crippen molar-refractivity contribution in [1.82, 2.24) is 15.0 Å². The highest BCUT2D eigenvalue weighted by Crippen LogP contribution is 2.27. The maximum Gasteiger partial charge on any atom is 0.230 e. The molecule has 0 saturated carbocycles. The van der Waals surface area contributed by atoms with Crippen LogP contribution in [-0.4, -0.2) is 53.7 Å². The molecule has 1 aliphatic rings. The van der Waals surface area contributed by atoms with E-state index in [1.807, 2.05) is 54.9 Å². The van der Waals surface area contributed by atoms with Crippen LogP contribution in [-0.2, 0) is 17.6 Å². The van der Waals surface area contributed by atoms with Gasteiger partial charge in [0.05, 0.1) is 17.8 Å². The molecule has 1 fully saturated rings. The van der Waals surface area contributed by atoms with E-state index in [1.54, 1.807) is 0 Å². The Morgan fingerprint density at radius 3 is 2.55 bits per heavy atom. The van der Waals surface area contributed by atoms with E-state index < -0.39 is 0 Å². The number of fused-ring (bicyclic) bond motifs is 1. The summed E-state index contributed by atoms with van der Waals surface area (Å²) >= 11 is 0. The summed E-state index contributed by atoms with van der Waals surface area (Å²) in [5.41, 5.74) is 4.57. The number of para-hydroxylation sites is 3. The minimum absolute atomic E-state index is 0.0995. The Hall–Kier alpha value is -3.71. The van der Waals surface area contributed by atoms with E-state index in [4.69, 9.17) is 4.52 Å². The quantitative estimate of drug-likeness (QED) is 0.471. The van der Waals surface area contributed by atoms with E-state index in [0.29, 0.717) is 11.3 Å². The number of rotatable bonds is 7. The molecule has 3 heterocycles. The Morgan fingerprint density at radius 1 is 0.939 bits per heavy atom. The van der Waals surface area contributed by atoms with Crippen molar-refractivity contribution in [3.8, 4) is 0 Å². The highest BCUT2D eigenvalue weighted by Gasteiger charge is 2.20. The van der Waals surface area contributed by atoms with Gasteiger partial charge in [0, 0.05) is 50.5 Å². The fourth-order valence-corrected chi connectivity index (χ4v) is 4.32. The lowest BCUT2D eigenvalue weighted by Crippen LogP contribution is -2.47. The van der Waals surface area contributed by atoms with Gasteiger partial charge in [-0.3, -0.25) is 14.7 Å². The van der Waals surface area contributed by atoms with Gasteiger partial charge in [0.1, 0.15) is 5.69 Å². The average molecular weight is 442 g/mol. The number of nitrogens with zero attached hydrogens (tertiary/aromatic N) is 4. The summed E-state index contributed by atoms with van der Waals surface area (Å²) in [6.07, 6.45) is 4.91. The predicted molar refractivity (Wildman–Crippen MR) is 129 cm³/mol. The van der Waals surface area contributed by atoms with Crippen LogP contribution in [0.2, 0.25) is 0 Å². The molecule has 1 aliphatic heterocycles. The van der Waals surface area contributed by atoms with Gasteiger partial charge < -0.3 is 14.7 Å². The second-order valence-electron chi connectivity index (χ2n) is 8.30. The van der Waals surface area contributed by atoms with Crippen molar-refractivity contribution in [2.24, 2.45) is 0 Å². The molecular weight excluding hydrogens is 414 g/mol. The third kappa shape index (κ3) is 5.04. The number of piperazine rings is 1. The molecule has 1 saturated heterocycles. The van der Waals surface area contributed by atoms with Crippen LogP contribution in [0.5, 0.6) is 0 Å². The van der Waals surface area contributed by atoms with E-state index in [0.717, 1.165) is 55.9 Å². The lowest BCUT2D eigenvalue weighted by atomic mass is 10.1. The third-order valence-corrected chi connectivity index (χ3v) is 6.14. The number of carbonyl (C=O) groups excluding carboxylic acids is 1. The van der Waals surface area contributed by atoms with Crippen molar-refractivity contribution in [3.05, 3.63) is 84.3 Å². The van der Waals surface area contributed by atoms with E-state index in [9.17, 15) is 4.79 Å². The summed E-state index contributed by atoms with van der Waals surface area (Å²) < 4.78 is 5.33. The molecule has 0 radical (unpaired) electrons. The van der Waals surface area contributed by atoms with Crippen LogP contribution >= 0.6 is 0 Å². The molecule has 0 atom stereocenters. The second-order valence-corrected chi connectivity index (χ2v) is 8.30. The monoisotopic (exact) mass is 441 g/mol. The third-order valence-electron chi connectivity index (χ3n) is 6.14. The maximum absolute atomic E-state index is 12.8. The highest BCUT2D eigenvalue weighted by molar-refractivity contribution is 5.97. The molecule has 2 aromatic carbocycles. The molecule has 1 N–H and O–H groups in total. The zero-order chi connectivity index (χ0) is 22.5. The molecule has 168 valence electrons. The van der Waals surface area contributed by atoms with Crippen molar-refractivity contribution in [2.75, 3.05) is 42.9 Å². The van der Waals surface area contributed by atoms with Crippen molar-refractivity contribution < 1.29 is 9.32 Å². The number of aromatic nitrogens is 2. The van der Waals surface area contributed by atoms with Crippen LogP contribution < -0.4 is 10.2 Å². The van der Waals surface area contributed by atoms with Crippen LogP contribution in [0.4, 0.5) is 11.4 Å². The first-order valence-electron chi connectivity index (χ1n) is 11.3. The van der Waals surface area contributed by atoms with Crippen molar-refractivity contribution in [2.45, 2.75) is 12.8 Å². The number of amides is 1. The van der Waals surface area contributed by atoms with Crippen LogP contribution in [0, 0.1) is 0 Å². The summed E-state index contributed by atoms with van der Waals surface area (Å²) in [6.45, 7) is 4.90. The van der Waals surface area contributed by atoms with Gasteiger partial charge in [-0.1, -0.05) is 29.4 Å². The SMILES string of the molecule is O=C(Cc1noc2ccccc12)Nc1ccccc1N1CCN(CCc2ccncc2)CC1. The Labute approximate surface area is 193 Å². The molecule has 33 heavy (non-hydrogen) atoms. The standard InChI is InChI=1S/C26H27N5O2/c32-26(19-23-21-5-1-4-8-25(21)33-29-23)28-22-6-2-3-7-24(22)31-17-15-30(16-18-31)14-11-20-9-12-27-13-10-20/h1-10,12-13H,11,14-19H2,(H,28,32). The smallest absolute Gasteiger partial charge is 0.230 e. The fourth-order valence-electron chi connectivity index (χ4n) is 4.32. The van der Waals surface area contributed by atoms with Gasteiger partial charge in [0.15, 0.2) is 5.58 Å². The van der Waals surface area contributed by atoms with Gasteiger partial charge in [-0.25, -0.2) is 0 Å². The van der Waals surface area contributed by atoms with Gasteiger partial charge in [-0.2, -0.15) is 0 Å². The zero-order valence-electron chi connectivity index (χ0n) is 18.5. The first-order valence-corrected chi connectivity index (χ1v) is 11.3. The van der Waals surface area contributed by atoms with E-state index >= 15 is 0 Å². The van der Waals surface area contributed by atoms with E-state index in [2.05, 4.69) is 43.5 Å². The lowest BCUT2D eigenvalue weighted by Gasteiger charge is -2.37. The predicted octanol–water partition coefficient (Wildman–Crippen LogP) is 3.77. The number of anilines is 2. The molecule has 4 aromatic rings. The minimum atomic E-state index is -0.0995. The van der Waals surface area contributed by atoms with E-state index in [-0.39, 0.29) is 12.3 Å². The summed E-state index contributed by atoms with van der Waals surface area (Å²) in [5, 5.41) is 8.05. The largest absolute Gasteiger partial charge is 0.367 e. The second kappa shape index (κ2) is 9.83. The normalized spacial score (nSPS) is 14.5. The molecule has 0 unspecified atom stereocenters. The molecule has 7 nitrogen and oxygen atoms in total. The molecular formula is C26H27N5O2. The lowest BCUT2D eigenvalue weighted by molar-refractivity contribution is -0.115. The van der Waals surface area contributed by atoms with Gasteiger partial charge in [-0.05, 0) is 48.4 Å². The number of benzene rings is 2. The van der Waals surface area contributed by atoms with Crippen LogP contribution in [0.25, 0.3) is 11.0 Å². The van der Waals surface area contributed by atoms with Crippen LogP contribution in [0.3, 0.4) is 0 Å². The first kappa shape index (κ1) is 21.2. The van der Waals surface area contributed by atoms with Crippen LogP contribution in [0.15, 0.2) is 77.6 Å². The molecule has 7 heteroatoms. The van der Waals surface area contributed by atoms with Gasteiger partial charge in [0.25, 0.3) is 0 Å². The summed E-state index contributed by atoms with van der Waals surface area (Å²) in [7, 11) is 0. The Bertz CT molecular complexity index is 1220. The Morgan fingerprint density at radius 2 is 1.70 bits per heavy atom. The van der Waals surface area contributed by atoms with Gasteiger partial charge in [0.2, 0.25) is 5.91 Å². The topological polar surface area (TPSA) is 74.5 Å². The van der Waals surface area contributed by atoms with Gasteiger partial charge >= 0.3 is 0 Å². The number of nitrogens with one attached hydrogen (secondary N) is 1. The molecule has 0 aliphatic carbocycles. The Balaban J connectivity index is 1.19. The van der Waals surface area contributed by atoms with Crippen LogP contribution in [0.1, 0.15) is 11.3 Å². The maximum atomic E-state index is 12.8. The van der Waals surface area contributed by atoms with Crippen molar-refractivity contribution in [3.63, 3.8) is 0 Å². The number of hydrogen-bond donors (Lipinski definition) is 1. The fraction of sp³-hybridized carbons (Fsp3) is 0.269. The average Bonchev–Trinajstić information content (AvgIpc) is 3.27. The molecule has 2 aromatic heterocycles. The van der Waals surface area contributed by atoms with Crippen molar-refractivity contribution >= 4 is 28.3 Å². The number of pyridine rings is 1. The molecule has 0 bridgehead atoms. The highest BCUT2D eigenvalue weighted by atomic mass is 16.5. The molecule has 0 spiro atoms. The summed E-state index contributed by atoms with van der Waals surface area (Å²) in [4.78, 5) is 21.7. The number of carbonyl (C=O) groups is 1. The van der Waals surface area contributed by atoms with Gasteiger partial charge in [-0.15, -0.1) is 0 Å². The molecule has 1 amide bonds. The summed E-state index contributed by atoms with van der Waals surface area (Å²) in [5.74, 6) is -0.0995.